The molecule has 7 heteroatoms. The Morgan fingerprint density at radius 2 is 1.65 bits per heavy atom. The number of hydrogen-bond acceptors (Lipinski definition) is 6. The third-order valence-electron chi connectivity index (χ3n) is 4.40. The van der Waals surface area contributed by atoms with E-state index in [0.717, 1.165) is 6.42 Å². The first kappa shape index (κ1) is 26.8. The lowest BCUT2D eigenvalue weighted by atomic mass is 10.0. The second kappa shape index (κ2) is 11.9. The van der Waals surface area contributed by atoms with E-state index in [1.165, 1.54) is 0 Å². The van der Waals surface area contributed by atoms with Gasteiger partial charge in [-0.05, 0) is 66.5 Å². The summed E-state index contributed by atoms with van der Waals surface area (Å²) in [6.07, 6.45) is -0.509. The molecule has 0 aliphatic carbocycles. The number of amides is 1. The van der Waals surface area contributed by atoms with Gasteiger partial charge in [0.25, 0.3) is 0 Å². The van der Waals surface area contributed by atoms with Crippen LogP contribution < -0.4 is 10.1 Å². The molecule has 31 heavy (non-hydrogen) atoms. The molecule has 0 radical (unpaired) electrons. The fourth-order valence-corrected chi connectivity index (χ4v) is 2.84. The van der Waals surface area contributed by atoms with Crippen LogP contribution in [0, 0.1) is 0 Å². The van der Waals surface area contributed by atoms with Crippen LogP contribution in [0.4, 0.5) is 4.79 Å². The highest BCUT2D eigenvalue weighted by atomic mass is 16.6. The molecule has 0 spiro atoms. The van der Waals surface area contributed by atoms with Crippen molar-refractivity contribution in [1.82, 2.24) is 5.32 Å². The molecular weight excluding hydrogens is 398 g/mol. The molecule has 0 heterocycles. The molecule has 0 saturated heterocycles. The first-order valence-corrected chi connectivity index (χ1v) is 10.9. The fraction of sp³-hybridized carbons (Fsp3) is 0.667. The molecule has 0 aliphatic heterocycles. The van der Waals surface area contributed by atoms with E-state index in [-0.39, 0.29) is 6.10 Å². The molecule has 0 bridgehead atoms. The maximum absolute atomic E-state index is 12.9. The van der Waals surface area contributed by atoms with Crippen molar-refractivity contribution in [3.8, 4) is 5.75 Å². The second-order valence-electron chi connectivity index (χ2n) is 9.08. The molecule has 1 aromatic rings. The normalized spacial score (nSPS) is 14.8. The van der Waals surface area contributed by atoms with Crippen LogP contribution in [0.25, 0.3) is 0 Å². The van der Waals surface area contributed by atoms with Crippen molar-refractivity contribution in [2.75, 3.05) is 6.61 Å². The molecule has 1 rings (SSSR count). The van der Waals surface area contributed by atoms with Crippen LogP contribution in [0.5, 0.6) is 5.75 Å². The summed E-state index contributed by atoms with van der Waals surface area (Å²) in [5.74, 6) is 0.0814. The zero-order chi connectivity index (χ0) is 23.7. The number of carbonyl (C=O) groups excluding carboxylic acids is 2. The Morgan fingerprint density at radius 1 is 1.03 bits per heavy atom. The van der Waals surface area contributed by atoms with E-state index < -0.39 is 35.4 Å². The van der Waals surface area contributed by atoms with Crippen molar-refractivity contribution in [3.63, 3.8) is 0 Å². The first-order valence-electron chi connectivity index (χ1n) is 10.9. The molecule has 0 saturated carbocycles. The minimum atomic E-state index is -1.28. The minimum Gasteiger partial charge on any atom is -0.484 e. The quantitative estimate of drug-likeness (QED) is 0.497. The predicted octanol–water partition coefficient (Wildman–Crippen LogP) is 4.87. The summed E-state index contributed by atoms with van der Waals surface area (Å²) in [5.41, 5.74) is -1.95. The fourth-order valence-electron chi connectivity index (χ4n) is 2.84. The van der Waals surface area contributed by atoms with Gasteiger partial charge >= 0.3 is 12.1 Å². The van der Waals surface area contributed by atoms with Gasteiger partial charge in [0.05, 0.1) is 6.10 Å². The van der Waals surface area contributed by atoms with Crippen LogP contribution in [0.15, 0.2) is 30.3 Å². The number of alkyl carbamates (subject to hydrolysis) is 1. The summed E-state index contributed by atoms with van der Waals surface area (Å²) >= 11 is 0. The van der Waals surface area contributed by atoms with Crippen LogP contribution in [-0.4, -0.2) is 48.1 Å². The van der Waals surface area contributed by atoms with E-state index in [1.54, 1.807) is 41.5 Å². The topological polar surface area (TPSA) is 83.1 Å². The van der Waals surface area contributed by atoms with Gasteiger partial charge in [0.2, 0.25) is 0 Å². The van der Waals surface area contributed by atoms with Crippen LogP contribution in [0.2, 0.25) is 0 Å². The van der Waals surface area contributed by atoms with Gasteiger partial charge in [-0.3, -0.25) is 0 Å². The lowest BCUT2D eigenvalue weighted by Crippen LogP contribution is -2.54. The number of benzene rings is 1. The minimum absolute atomic E-state index is 0.259. The largest absolute Gasteiger partial charge is 0.484 e. The molecule has 0 aliphatic rings. The Bertz CT molecular complexity index is 683. The molecule has 176 valence electrons. The Morgan fingerprint density at radius 3 is 2.16 bits per heavy atom. The van der Waals surface area contributed by atoms with Crippen molar-refractivity contribution >= 4 is 12.1 Å². The number of rotatable bonds is 11. The Labute approximate surface area is 186 Å². The molecule has 0 fully saturated rings. The Balaban J connectivity index is 2.93. The Hall–Kier alpha value is -2.28. The zero-order valence-corrected chi connectivity index (χ0v) is 20.2. The SMILES string of the molecule is CCCO[C@@H](CC)[C@@H](Oc1ccccc1)[C@H](C)OC(=O)C(C)(C)NC(=O)OC(C)(C)C. The summed E-state index contributed by atoms with van der Waals surface area (Å²) in [4.78, 5) is 25.0. The van der Waals surface area contributed by atoms with Gasteiger partial charge in [0, 0.05) is 6.61 Å². The van der Waals surface area contributed by atoms with Crippen LogP contribution in [0.3, 0.4) is 0 Å². The van der Waals surface area contributed by atoms with Gasteiger partial charge in [-0.2, -0.15) is 0 Å². The van der Waals surface area contributed by atoms with Gasteiger partial charge in [-0.1, -0.05) is 32.0 Å². The number of hydrogen-bond donors (Lipinski definition) is 1. The molecule has 0 unspecified atom stereocenters. The monoisotopic (exact) mass is 437 g/mol. The van der Waals surface area contributed by atoms with Gasteiger partial charge in [0.1, 0.15) is 23.0 Å². The van der Waals surface area contributed by atoms with E-state index in [4.69, 9.17) is 18.9 Å². The summed E-state index contributed by atoms with van der Waals surface area (Å²) in [6, 6.07) is 9.36. The van der Waals surface area contributed by atoms with E-state index in [0.29, 0.717) is 18.8 Å². The molecular formula is C24H39NO6. The maximum atomic E-state index is 12.9. The molecule has 1 N–H and O–H groups in total. The molecule has 1 aromatic carbocycles. The number of nitrogens with one attached hydrogen (secondary N) is 1. The second-order valence-corrected chi connectivity index (χ2v) is 9.08. The Kier molecular flexibility index (Phi) is 10.3. The summed E-state index contributed by atoms with van der Waals surface area (Å²) in [5, 5.41) is 2.58. The van der Waals surface area contributed by atoms with Crippen molar-refractivity contribution in [2.24, 2.45) is 0 Å². The van der Waals surface area contributed by atoms with E-state index in [2.05, 4.69) is 5.32 Å². The maximum Gasteiger partial charge on any atom is 0.408 e. The number of carbonyl (C=O) groups is 2. The van der Waals surface area contributed by atoms with Gasteiger partial charge in [-0.25, -0.2) is 9.59 Å². The smallest absolute Gasteiger partial charge is 0.408 e. The third-order valence-corrected chi connectivity index (χ3v) is 4.40. The summed E-state index contributed by atoms with van der Waals surface area (Å²) in [6.45, 7) is 14.8. The average molecular weight is 438 g/mol. The van der Waals surface area contributed by atoms with Crippen molar-refractivity contribution in [2.45, 2.75) is 97.7 Å². The number of para-hydroxylation sites is 1. The van der Waals surface area contributed by atoms with Crippen LogP contribution in [0.1, 0.15) is 68.2 Å². The lowest BCUT2D eigenvalue weighted by molar-refractivity contribution is -0.164. The molecule has 3 atom stereocenters. The molecule has 7 nitrogen and oxygen atoms in total. The molecule has 1 amide bonds. The highest BCUT2D eigenvalue weighted by Crippen LogP contribution is 2.21. The third kappa shape index (κ3) is 9.59. The first-order chi connectivity index (χ1) is 14.4. The number of ether oxygens (including phenoxy) is 4. The highest BCUT2D eigenvalue weighted by molar-refractivity contribution is 5.85. The standard InChI is InChI=1S/C24H39NO6/c1-9-16-28-19(10-2)20(30-18-14-12-11-13-15-18)17(3)29-21(26)24(7,8)25-22(27)31-23(4,5)6/h11-15,17,19-20H,9-10,16H2,1-8H3,(H,25,27)/t17-,19-,20-/m0/s1. The van der Waals surface area contributed by atoms with E-state index >= 15 is 0 Å². The highest BCUT2D eigenvalue weighted by Gasteiger charge is 2.38. The van der Waals surface area contributed by atoms with Crippen LogP contribution >= 0.6 is 0 Å². The summed E-state index contributed by atoms with van der Waals surface area (Å²) in [7, 11) is 0. The lowest BCUT2D eigenvalue weighted by Gasteiger charge is -2.33. The summed E-state index contributed by atoms with van der Waals surface area (Å²) < 4.78 is 23.1. The predicted molar refractivity (Wildman–Crippen MR) is 120 cm³/mol. The van der Waals surface area contributed by atoms with Gasteiger partial charge < -0.3 is 24.3 Å². The number of esters is 1. The molecule has 0 aromatic heterocycles. The van der Waals surface area contributed by atoms with E-state index in [9.17, 15) is 9.59 Å². The van der Waals surface area contributed by atoms with Gasteiger partial charge in [0.15, 0.2) is 6.10 Å². The zero-order valence-electron chi connectivity index (χ0n) is 20.2. The van der Waals surface area contributed by atoms with Crippen molar-refractivity contribution in [1.29, 1.82) is 0 Å². The van der Waals surface area contributed by atoms with Gasteiger partial charge in [-0.15, -0.1) is 0 Å². The van der Waals surface area contributed by atoms with Crippen molar-refractivity contribution in [3.05, 3.63) is 30.3 Å². The van der Waals surface area contributed by atoms with Crippen molar-refractivity contribution < 1.29 is 28.5 Å². The van der Waals surface area contributed by atoms with Crippen LogP contribution in [-0.2, 0) is 19.0 Å². The van der Waals surface area contributed by atoms with E-state index in [1.807, 2.05) is 44.2 Å². The average Bonchev–Trinajstić information content (AvgIpc) is 2.66.